The lowest BCUT2D eigenvalue weighted by molar-refractivity contribution is 0.491. The predicted octanol–water partition coefficient (Wildman–Crippen LogP) is 2.19. The van der Waals surface area contributed by atoms with E-state index in [2.05, 4.69) is 11.6 Å². The fourth-order valence-electron chi connectivity index (χ4n) is 2.11. The van der Waals surface area contributed by atoms with E-state index in [1.165, 1.54) is 18.9 Å². The number of benzene rings is 1. The number of aryl methyl sites for hydroxylation is 1. The zero-order chi connectivity index (χ0) is 14.0. The molecular formula is C14H18N2O2S. The monoisotopic (exact) mass is 278 g/mol. The molecule has 0 aromatic heterocycles. The van der Waals surface area contributed by atoms with Crippen LogP contribution in [0.3, 0.4) is 0 Å². The zero-order valence-electron chi connectivity index (χ0n) is 11.2. The second kappa shape index (κ2) is 5.32. The number of nitriles is 1. The second-order valence-electron chi connectivity index (χ2n) is 5.26. The van der Waals surface area contributed by atoms with E-state index in [1.807, 2.05) is 6.07 Å². The molecule has 1 fully saturated rings. The SMILES string of the molecule is Cc1ccc(C#N)cc1S(=O)(=O)NCC(C)C1CC1. The first kappa shape index (κ1) is 14.0. The fraction of sp³-hybridized carbons (Fsp3) is 0.500. The second-order valence-corrected chi connectivity index (χ2v) is 6.99. The lowest BCUT2D eigenvalue weighted by Gasteiger charge is -2.13. The maximum absolute atomic E-state index is 12.2. The van der Waals surface area contributed by atoms with Gasteiger partial charge in [0, 0.05) is 6.54 Å². The molecule has 1 aliphatic rings. The minimum atomic E-state index is -3.53. The lowest BCUT2D eigenvalue weighted by Crippen LogP contribution is -2.29. The van der Waals surface area contributed by atoms with Gasteiger partial charge in [0.2, 0.25) is 10.0 Å². The third-order valence-corrected chi connectivity index (χ3v) is 5.19. The third kappa shape index (κ3) is 3.34. The molecule has 2 rings (SSSR count). The Morgan fingerprint density at radius 2 is 2.16 bits per heavy atom. The standard InChI is InChI=1S/C14H18N2O2S/c1-10-3-4-12(8-15)7-14(10)19(17,18)16-9-11(2)13-5-6-13/h3-4,7,11,13,16H,5-6,9H2,1-2H3. The molecule has 0 aliphatic heterocycles. The summed E-state index contributed by atoms with van der Waals surface area (Å²) < 4.78 is 27.1. The molecule has 0 amide bonds. The van der Waals surface area contributed by atoms with Gasteiger partial charge in [0.25, 0.3) is 0 Å². The van der Waals surface area contributed by atoms with Crippen molar-refractivity contribution in [1.29, 1.82) is 5.26 Å². The van der Waals surface area contributed by atoms with E-state index in [-0.39, 0.29) is 4.90 Å². The number of hydrogen-bond donors (Lipinski definition) is 1. The largest absolute Gasteiger partial charge is 0.240 e. The van der Waals surface area contributed by atoms with Crippen LogP contribution in [0.2, 0.25) is 0 Å². The zero-order valence-corrected chi connectivity index (χ0v) is 12.0. The van der Waals surface area contributed by atoms with Crippen molar-refractivity contribution in [3.8, 4) is 6.07 Å². The molecule has 19 heavy (non-hydrogen) atoms. The van der Waals surface area contributed by atoms with Crippen LogP contribution in [0.5, 0.6) is 0 Å². The molecule has 1 aromatic carbocycles. The van der Waals surface area contributed by atoms with E-state index in [4.69, 9.17) is 5.26 Å². The van der Waals surface area contributed by atoms with Gasteiger partial charge in [-0.2, -0.15) is 5.26 Å². The van der Waals surface area contributed by atoms with Crippen LogP contribution in [0.15, 0.2) is 23.1 Å². The summed E-state index contributed by atoms with van der Waals surface area (Å²) in [6.45, 7) is 4.27. The molecule has 1 aromatic rings. The average molecular weight is 278 g/mol. The number of nitrogens with zero attached hydrogens (tertiary/aromatic N) is 1. The van der Waals surface area contributed by atoms with Crippen molar-refractivity contribution in [3.63, 3.8) is 0 Å². The van der Waals surface area contributed by atoms with Gasteiger partial charge in [-0.1, -0.05) is 13.0 Å². The van der Waals surface area contributed by atoms with Crippen LogP contribution in [0.1, 0.15) is 30.9 Å². The molecule has 0 heterocycles. The van der Waals surface area contributed by atoms with Gasteiger partial charge < -0.3 is 0 Å². The highest BCUT2D eigenvalue weighted by atomic mass is 32.2. The van der Waals surface area contributed by atoms with Crippen LogP contribution in [0.4, 0.5) is 0 Å². The summed E-state index contributed by atoms with van der Waals surface area (Å²) in [5.41, 5.74) is 1.02. The van der Waals surface area contributed by atoms with Crippen molar-refractivity contribution in [2.45, 2.75) is 31.6 Å². The molecule has 1 N–H and O–H groups in total. The Hall–Kier alpha value is -1.38. The van der Waals surface area contributed by atoms with Crippen molar-refractivity contribution in [2.75, 3.05) is 6.54 Å². The predicted molar refractivity (Wildman–Crippen MR) is 73.0 cm³/mol. The van der Waals surface area contributed by atoms with Crippen molar-refractivity contribution >= 4 is 10.0 Å². The summed E-state index contributed by atoms with van der Waals surface area (Å²) in [4.78, 5) is 0.203. The summed E-state index contributed by atoms with van der Waals surface area (Å²) >= 11 is 0. The summed E-state index contributed by atoms with van der Waals surface area (Å²) in [5, 5.41) is 8.85. The number of sulfonamides is 1. The Bertz CT molecular complexity index is 613. The summed E-state index contributed by atoms with van der Waals surface area (Å²) in [6.07, 6.45) is 2.40. The fourth-order valence-corrected chi connectivity index (χ4v) is 3.52. The minimum absolute atomic E-state index is 0.203. The Morgan fingerprint density at radius 3 is 2.74 bits per heavy atom. The molecule has 1 unspecified atom stereocenters. The van der Waals surface area contributed by atoms with E-state index < -0.39 is 10.0 Å². The van der Waals surface area contributed by atoms with Gasteiger partial charge in [0.05, 0.1) is 16.5 Å². The van der Waals surface area contributed by atoms with Crippen molar-refractivity contribution in [2.24, 2.45) is 11.8 Å². The molecule has 1 saturated carbocycles. The van der Waals surface area contributed by atoms with Crippen LogP contribution in [0.25, 0.3) is 0 Å². The van der Waals surface area contributed by atoms with Crippen LogP contribution >= 0.6 is 0 Å². The van der Waals surface area contributed by atoms with E-state index in [1.54, 1.807) is 19.1 Å². The first-order chi connectivity index (χ1) is 8.94. The first-order valence-electron chi connectivity index (χ1n) is 6.44. The van der Waals surface area contributed by atoms with E-state index >= 15 is 0 Å². The quantitative estimate of drug-likeness (QED) is 0.897. The molecule has 0 spiro atoms. The molecule has 102 valence electrons. The van der Waals surface area contributed by atoms with Crippen LogP contribution in [-0.2, 0) is 10.0 Å². The summed E-state index contributed by atoms with van der Waals surface area (Å²) in [5.74, 6) is 1.03. The third-order valence-electron chi connectivity index (χ3n) is 3.63. The lowest BCUT2D eigenvalue weighted by atomic mass is 10.1. The average Bonchev–Trinajstić information content (AvgIpc) is 3.20. The van der Waals surface area contributed by atoms with Gasteiger partial charge in [-0.3, -0.25) is 0 Å². The van der Waals surface area contributed by atoms with Crippen molar-refractivity contribution in [1.82, 2.24) is 4.72 Å². The maximum atomic E-state index is 12.2. The molecular weight excluding hydrogens is 260 g/mol. The Balaban J connectivity index is 2.16. The van der Waals surface area contributed by atoms with Crippen molar-refractivity contribution < 1.29 is 8.42 Å². The molecule has 1 aliphatic carbocycles. The maximum Gasteiger partial charge on any atom is 0.240 e. The molecule has 5 heteroatoms. The van der Waals surface area contributed by atoms with Crippen LogP contribution in [-0.4, -0.2) is 15.0 Å². The van der Waals surface area contributed by atoms with Gasteiger partial charge in [0.1, 0.15) is 0 Å². The topological polar surface area (TPSA) is 70.0 Å². The number of hydrogen-bond acceptors (Lipinski definition) is 3. The smallest absolute Gasteiger partial charge is 0.211 e. The molecule has 0 bridgehead atoms. The van der Waals surface area contributed by atoms with Gasteiger partial charge in [0.15, 0.2) is 0 Å². The Kier molecular flexibility index (Phi) is 3.93. The first-order valence-corrected chi connectivity index (χ1v) is 7.93. The minimum Gasteiger partial charge on any atom is -0.211 e. The van der Waals surface area contributed by atoms with Gasteiger partial charge in [-0.05, 0) is 49.3 Å². The van der Waals surface area contributed by atoms with E-state index in [0.29, 0.717) is 29.5 Å². The highest BCUT2D eigenvalue weighted by Gasteiger charge is 2.29. The Labute approximate surface area is 114 Å². The summed E-state index contributed by atoms with van der Waals surface area (Å²) in [7, 11) is -3.53. The molecule has 0 radical (unpaired) electrons. The van der Waals surface area contributed by atoms with Gasteiger partial charge in [-0.15, -0.1) is 0 Å². The van der Waals surface area contributed by atoms with E-state index in [0.717, 1.165) is 0 Å². The van der Waals surface area contributed by atoms with E-state index in [9.17, 15) is 8.42 Å². The summed E-state index contributed by atoms with van der Waals surface area (Å²) in [6, 6.07) is 6.69. The normalized spacial score (nSPS) is 16.9. The Morgan fingerprint density at radius 1 is 1.47 bits per heavy atom. The van der Waals surface area contributed by atoms with Gasteiger partial charge >= 0.3 is 0 Å². The number of rotatable bonds is 5. The van der Waals surface area contributed by atoms with Crippen LogP contribution in [0, 0.1) is 30.1 Å². The molecule has 4 nitrogen and oxygen atoms in total. The van der Waals surface area contributed by atoms with Crippen molar-refractivity contribution in [3.05, 3.63) is 29.3 Å². The molecule has 0 saturated heterocycles. The number of nitrogens with one attached hydrogen (secondary N) is 1. The highest BCUT2D eigenvalue weighted by molar-refractivity contribution is 7.89. The van der Waals surface area contributed by atoms with Gasteiger partial charge in [-0.25, -0.2) is 13.1 Å². The molecule has 1 atom stereocenters. The highest BCUT2D eigenvalue weighted by Crippen LogP contribution is 2.36. The van der Waals surface area contributed by atoms with Crippen LogP contribution < -0.4 is 4.72 Å².